The molecule has 0 saturated carbocycles. The van der Waals surface area contributed by atoms with Crippen LogP contribution in [0, 0.1) is 0 Å². The summed E-state index contributed by atoms with van der Waals surface area (Å²) >= 11 is 0. The summed E-state index contributed by atoms with van der Waals surface area (Å²) in [4.78, 5) is 0. The van der Waals surface area contributed by atoms with E-state index in [4.69, 9.17) is 10.2 Å². The summed E-state index contributed by atoms with van der Waals surface area (Å²) in [7, 11) is 0. The Kier molecular flexibility index (Phi) is 3.48. The Morgan fingerprint density at radius 3 is 2.25 bits per heavy atom. The van der Waals surface area contributed by atoms with Gasteiger partial charge in [0.25, 0.3) is 0 Å². The van der Waals surface area contributed by atoms with E-state index in [-0.39, 0.29) is 0 Å². The lowest BCUT2D eigenvalue weighted by Crippen LogP contribution is -2.03. The van der Waals surface area contributed by atoms with E-state index in [0.29, 0.717) is 6.42 Å². The van der Waals surface area contributed by atoms with Gasteiger partial charge in [-0.15, -0.1) is 0 Å². The van der Waals surface area contributed by atoms with Gasteiger partial charge in [-0.3, -0.25) is 0 Å². The highest BCUT2D eigenvalue weighted by atomic mass is 16.5. The van der Waals surface area contributed by atoms with Crippen molar-refractivity contribution >= 4 is 0 Å². The predicted octanol–water partition coefficient (Wildman–Crippen LogP) is 0.653. The fourth-order valence-corrected chi connectivity index (χ4v) is 0.406. The zero-order valence-electron chi connectivity index (χ0n) is 5.26. The molecule has 0 rings (SSSR count). The standard InChI is InChI=1S/C6H12O2/c1-3-5(2)4-6(7)8/h3,6-8H,4H2,1-2H3. The van der Waals surface area contributed by atoms with Gasteiger partial charge in [-0.1, -0.05) is 11.6 Å². The largest absolute Gasteiger partial charge is 0.368 e. The van der Waals surface area contributed by atoms with Gasteiger partial charge in [0.15, 0.2) is 6.29 Å². The molecule has 0 spiro atoms. The van der Waals surface area contributed by atoms with Gasteiger partial charge in [-0.25, -0.2) is 0 Å². The first-order valence-corrected chi connectivity index (χ1v) is 2.64. The summed E-state index contributed by atoms with van der Waals surface area (Å²) in [6.45, 7) is 3.73. The van der Waals surface area contributed by atoms with E-state index in [9.17, 15) is 0 Å². The minimum atomic E-state index is -1.19. The molecule has 2 heteroatoms. The summed E-state index contributed by atoms with van der Waals surface area (Å²) < 4.78 is 0. The smallest absolute Gasteiger partial charge is 0.155 e. The molecule has 0 bridgehead atoms. The van der Waals surface area contributed by atoms with E-state index in [1.165, 1.54) is 0 Å². The fourth-order valence-electron chi connectivity index (χ4n) is 0.406. The first-order chi connectivity index (χ1) is 3.66. The monoisotopic (exact) mass is 116 g/mol. The van der Waals surface area contributed by atoms with Crippen LogP contribution in [0.25, 0.3) is 0 Å². The third kappa shape index (κ3) is 3.84. The number of aliphatic hydroxyl groups is 2. The van der Waals surface area contributed by atoms with Gasteiger partial charge in [-0.05, 0) is 13.8 Å². The van der Waals surface area contributed by atoms with Crippen LogP contribution in [0.4, 0.5) is 0 Å². The summed E-state index contributed by atoms with van der Waals surface area (Å²) in [5.41, 5.74) is 1.00. The van der Waals surface area contributed by atoms with Crippen LogP contribution in [0.1, 0.15) is 20.3 Å². The lowest BCUT2D eigenvalue weighted by Gasteiger charge is -2.00. The van der Waals surface area contributed by atoms with Crippen molar-refractivity contribution in [3.05, 3.63) is 11.6 Å². The Morgan fingerprint density at radius 1 is 1.62 bits per heavy atom. The zero-order valence-corrected chi connectivity index (χ0v) is 5.26. The van der Waals surface area contributed by atoms with Crippen molar-refractivity contribution in [3.63, 3.8) is 0 Å². The number of allylic oxidation sites excluding steroid dienone is 1. The zero-order chi connectivity index (χ0) is 6.57. The molecule has 0 aromatic carbocycles. The topological polar surface area (TPSA) is 40.5 Å². The van der Waals surface area contributed by atoms with Gasteiger partial charge in [0, 0.05) is 6.42 Å². The SMILES string of the molecule is CC=C(C)CC(O)O. The van der Waals surface area contributed by atoms with Crippen molar-refractivity contribution in [1.29, 1.82) is 0 Å². The predicted molar refractivity (Wildman–Crippen MR) is 32.3 cm³/mol. The Hall–Kier alpha value is -0.340. The summed E-state index contributed by atoms with van der Waals surface area (Å²) in [6, 6.07) is 0. The molecule has 0 aliphatic carbocycles. The highest BCUT2D eigenvalue weighted by molar-refractivity contribution is 4.95. The number of rotatable bonds is 2. The van der Waals surface area contributed by atoms with Crippen LogP contribution >= 0.6 is 0 Å². The fraction of sp³-hybridized carbons (Fsp3) is 0.667. The molecule has 2 nitrogen and oxygen atoms in total. The summed E-state index contributed by atoms with van der Waals surface area (Å²) in [6.07, 6.45) is 1.03. The van der Waals surface area contributed by atoms with Gasteiger partial charge in [0.05, 0.1) is 0 Å². The molecule has 0 aliphatic rings. The average molecular weight is 116 g/mol. The number of hydrogen-bond donors (Lipinski definition) is 2. The second-order valence-electron chi connectivity index (χ2n) is 1.82. The molecule has 0 aromatic rings. The second kappa shape index (κ2) is 3.64. The lowest BCUT2D eigenvalue weighted by atomic mass is 10.2. The second-order valence-corrected chi connectivity index (χ2v) is 1.82. The van der Waals surface area contributed by atoms with E-state index in [1.807, 2.05) is 19.9 Å². The molecule has 0 aliphatic heterocycles. The van der Waals surface area contributed by atoms with Crippen LogP contribution in [-0.2, 0) is 0 Å². The van der Waals surface area contributed by atoms with Crippen molar-refractivity contribution in [2.45, 2.75) is 26.6 Å². The third-order valence-electron chi connectivity index (χ3n) is 0.997. The van der Waals surface area contributed by atoms with E-state index >= 15 is 0 Å². The number of aliphatic hydroxyl groups excluding tert-OH is 1. The van der Waals surface area contributed by atoms with Crippen molar-refractivity contribution in [2.24, 2.45) is 0 Å². The molecule has 8 heavy (non-hydrogen) atoms. The Labute approximate surface area is 49.5 Å². The molecule has 0 saturated heterocycles. The summed E-state index contributed by atoms with van der Waals surface area (Å²) in [5.74, 6) is 0. The van der Waals surface area contributed by atoms with Crippen molar-refractivity contribution in [2.75, 3.05) is 0 Å². The minimum Gasteiger partial charge on any atom is -0.368 e. The quantitative estimate of drug-likeness (QED) is 0.411. The molecule has 2 N–H and O–H groups in total. The van der Waals surface area contributed by atoms with E-state index in [0.717, 1.165) is 5.57 Å². The Bertz CT molecular complexity index is 84.5. The normalized spacial score (nSPS) is 12.9. The van der Waals surface area contributed by atoms with E-state index in [1.54, 1.807) is 0 Å². The molecule has 0 radical (unpaired) electrons. The molecule has 0 amide bonds. The van der Waals surface area contributed by atoms with Crippen LogP contribution in [0.5, 0.6) is 0 Å². The van der Waals surface area contributed by atoms with Crippen LogP contribution in [0.15, 0.2) is 11.6 Å². The molecule has 0 atom stereocenters. The molecule has 0 fully saturated rings. The van der Waals surface area contributed by atoms with Gasteiger partial charge in [-0.2, -0.15) is 0 Å². The van der Waals surface area contributed by atoms with Gasteiger partial charge >= 0.3 is 0 Å². The minimum absolute atomic E-state index is 0.358. The van der Waals surface area contributed by atoms with Crippen molar-refractivity contribution < 1.29 is 10.2 Å². The molecule has 0 unspecified atom stereocenters. The van der Waals surface area contributed by atoms with Crippen LogP contribution in [0.2, 0.25) is 0 Å². The van der Waals surface area contributed by atoms with Gasteiger partial charge in [0.2, 0.25) is 0 Å². The molecule has 0 aromatic heterocycles. The highest BCUT2D eigenvalue weighted by Crippen LogP contribution is 2.00. The molecule has 0 heterocycles. The first kappa shape index (κ1) is 7.66. The van der Waals surface area contributed by atoms with Gasteiger partial charge < -0.3 is 10.2 Å². The Morgan fingerprint density at radius 2 is 2.12 bits per heavy atom. The van der Waals surface area contributed by atoms with Crippen LogP contribution in [0.3, 0.4) is 0 Å². The summed E-state index contributed by atoms with van der Waals surface area (Å²) in [5, 5.41) is 16.7. The first-order valence-electron chi connectivity index (χ1n) is 2.64. The Balaban J connectivity index is 3.39. The van der Waals surface area contributed by atoms with E-state index in [2.05, 4.69) is 0 Å². The van der Waals surface area contributed by atoms with Crippen molar-refractivity contribution in [1.82, 2.24) is 0 Å². The van der Waals surface area contributed by atoms with Crippen LogP contribution < -0.4 is 0 Å². The van der Waals surface area contributed by atoms with E-state index < -0.39 is 6.29 Å². The third-order valence-corrected chi connectivity index (χ3v) is 0.997. The van der Waals surface area contributed by atoms with Crippen molar-refractivity contribution in [3.8, 4) is 0 Å². The van der Waals surface area contributed by atoms with Gasteiger partial charge in [0.1, 0.15) is 0 Å². The molecular formula is C6H12O2. The maximum Gasteiger partial charge on any atom is 0.155 e. The highest BCUT2D eigenvalue weighted by Gasteiger charge is 1.95. The number of hydrogen-bond acceptors (Lipinski definition) is 2. The lowest BCUT2D eigenvalue weighted by molar-refractivity contribution is -0.0380. The molecular weight excluding hydrogens is 104 g/mol. The molecule has 48 valence electrons. The van der Waals surface area contributed by atoms with Crippen LogP contribution in [-0.4, -0.2) is 16.5 Å². The maximum atomic E-state index is 8.37. The maximum absolute atomic E-state index is 8.37. The average Bonchev–Trinajstić information content (AvgIpc) is 1.65.